The van der Waals surface area contributed by atoms with Crippen molar-refractivity contribution in [3.63, 3.8) is 0 Å². The quantitative estimate of drug-likeness (QED) is 0.500. The first-order valence-corrected chi connectivity index (χ1v) is 0. The van der Waals surface area contributed by atoms with Gasteiger partial charge < -0.3 is 21.9 Å². The van der Waals surface area contributed by atoms with Crippen molar-refractivity contribution in [2.24, 2.45) is 0 Å². The van der Waals surface area contributed by atoms with E-state index in [4.69, 9.17) is 0 Å². The second-order valence-electron chi connectivity index (χ2n) is 0. The van der Waals surface area contributed by atoms with Gasteiger partial charge in [-0.1, -0.05) is 0 Å². The van der Waals surface area contributed by atoms with Crippen LogP contribution in [-0.2, 0) is 39.3 Å². The van der Waals surface area contributed by atoms with Crippen LogP contribution in [0.25, 0.3) is 0 Å². The number of hydrogen-bond donors (Lipinski definition) is 0. The molecule has 0 saturated carbocycles. The standard InChI is InChI=1S/Ba.Cr.4O/q+2;+6;4*-2. The molecule has 0 amide bonds. The van der Waals surface area contributed by atoms with Gasteiger partial charge in [0.05, 0.1) is 0 Å². The van der Waals surface area contributed by atoms with Gasteiger partial charge >= 0.3 is 66.2 Å². The fourth-order valence-corrected chi connectivity index (χ4v) is 0. The Morgan fingerprint density at radius 2 is 0.500 bits per heavy atom. The summed E-state index contributed by atoms with van der Waals surface area (Å²) >= 11 is 0. The molecule has 6 heteroatoms. The Morgan fingerprint density at radius 3 is 0.500 bits per heavy atom. The van der Waals surface area contributed by atoms with Crippen LogP contribution in [0.1, 0.15) is 0 Å². The third kappa shape index (κ3) is 38.4. The molecule has 0 aliphatic carbocycles. The maximum absolute atomic E-state index is 0. The minimum absolute atomic E-state index is 0. The van der Waals surface area contributed by atoms with Crippen LogP contribution in [0.3, 0.4) is 0 Å². The Balaban J connectivity index is 0. The summed E-state index contributed by atoms with van der Waals surface area (Å²) in [5.41, 5.74) is 0. The third-order valence-electron chi connectivity index (χ3n) is 0. The number of hydrogen-bond acceptors (Lipinski definition) is 0. The first kappa shape index (κ1) is 101. The van der Waals surface area contributed by atoms with Gasteiger partial charge in [-0.25, -0.2) is 0 Å². The molecule has 0 bridgehead atoms. The van der Waals surface area contributed by atoms with Crippen molar-refractivity contribution in [1.82, 2.24) is 0 Å². The van der Waals surface area contributed by atoms with Crippen molar-refractivity contribution < 1.29 is 39.3 Å². The van der Waals surface area contributed by atoms with Crippen LogP contribution in [0.2, 0.25) is 0 Å². The van der Waals surface area contributed by atoms with Gasteiger partial charge in [-0.05, 0) is 0 Å². The van der Waals surface area contributed by atoms with Gasteiger partial charge in [0.1, 0.15) is 0 Å². The molecule has 0 unspecified atom stereocenters. The van der Waals surface area contributed by atoms with E-state index in [1.165, 1.54) is 0 Å². The average Bonchev–Trinajstić information content (AvgIpc) is 0. The Bertz CT molecular complexity index is 7.51. The van der Waals surface area contributed by atoms with E-state index in [0.717, 1.165) is 0 Å². The summed E-state index contributed by atoms with van der Waals surface area (Å²) in [5, 5.41) is 0. The zero-order valence-corrected chi connectivity index (χ0v) is 8.46. The van der Waals surface area contributed by atoms with Gasteiger partial charge in [-0.2, -0.15) is 0 Å². The molecule has 0 aromatic carbocycles. The van der Waals surface area contributed by atoms with Crippen LogP contribution in [0.15, 0.2) is 0 Å². The van der Waals surface area contributed by atoms with Crippen LogP contribution in [-0.4, -0.2) is 48.9 Å². The van der Waals surface area contributed by atoms with E-state index in [0.29, 0.717) is 0 Å². The molecule has 0 radical (unpaired) electrons. The molecule has 0 rings (SSSR count). The summed E-state index contributed by atoms with van der Waals surface area (Å²) in [6.45, 7) is 0. The maximum atomic E-state index is 0. The summed E-state index contributed by atoms with van der Waals surface area (Å²) in [4.78, 5) is 0. The van der Waals surface area contributed by atoms with Crippen LogP contribution < -0.4 is 0 Å². The summed E-state index contributed by atoms with van der Waals surface area (Å²) in [6, 6.07) is 0. The van der Waals surface area contributed by atoms with E-state index >= 15 is 0 Å². The average molecular weight is 253 g/mol. The van der Waals surface area contributed by atoms with Crippen molar-refractivity contribution in [3.05, 3.63) is 0 Å². The Morgan fingerprint density at radius 1 is 0.500 bits per heavy atom. The first-order valence-electron chi connectivity index (χ1n) is 0. The van der Waals surface area contributed by atoms with Gasteiger partial charge in [-0.3, -0.25) is 0 Å². The molecule has 6 heavy (non-hydrogen) atoms. The van der Waals surface area contributed by atoms with Crippen LogP contribution in [0, 0.1) is 0 Å². The Kier molecular flexibility index (Phi) is 1100. The van der Waals surface area contributed by atoms with E-state index in [-0.39, 0.29) is 88.1 Å². The zero-order valence-electron chi connectivity index (χ0n) is 2.75. The third-order valence-corrected chi connectivity index (χ3v) is 0. The smallest absolute Gasteiger partial charge is 2.00 e. The Labute approximate surface area is 86.7 Å². The summed E-state index contributed by atoms with van der Waals surface area (Å²) in [7, 11) is 0. The van der Waals surface area contributed by atoms with E-state index in [1.807, 2.05) is 0 Å². The van der Waals surface area contributed by atoms with Crippen molar-refractivity contribution in [2.75, 3.05) is 0 Å². The second kappa shape index (κ2) is 64.9. The SMILES string of the molecule is [Ba+2].[Cr+6].[O-2].[O-2].[O-2].[O-2]. The molecule has 0 atom stereocenters. The molecule has 0 spiro atoms. The molecule has 0 aliphatic rings. The molecule has 0 aromatic heterocycles. The Hall–Kier alpha value is 1.94. The number of rotatable bonds is 0. The maximum Gasteiger partial charge on any atom is 6.00 e. The van der Waals surface area contributed by atoms with Crippen molar-refractivity contribution in [3.8, 4) is 0 Å². The summed E-state index contributed by atoms with van der Waals surface area (Å²) < 4.78 is 0. The zero-order chi connectivity index (χ0) is 0. The molecule has 0 aromatic rings. The topological polar surface area (TPSA) is 114 Å². The minimum Gasteiger partial charge on any atom is -2.00 e. The summed E-state index contributed by atoms with van der Waals surface area (Å²) in [6.07, 6.45) is 0. The van der Waals surface area contributed by atoms with E-state index < -0.39 is 0 Å². The van der Waals surface area contributed by atoms with Crippen molar-refractivity contribution >= 4 is 48.9 Å². The fourth-order valence-electron chi connectivity index (χ4n) is 0. The molecule has 0 aliphatic heterocycles. The predicted octanol–water partition coefficient (Wildman–Crippen LogP) is -0.859. The molecule has 0 heterocycles. The first-order chi connectivity index (χ1) is 0. The van der Waals surface area contributed by atoms with Gasteiger partial charge in [-0.15, -0.1) is 0 Å². The van der Waals surface area contributed by atoms with Crippen LogP contribution >= 0.6 is 0 Å². The molecule has 0 N–H and O–H groups in total. The second-order valence-corrected chi connectivity index (χ2v) is 0. The summed E-state index contributed by atoms with van der Waals surface area (Å²) in [5.74, 6) is 0. The molecule has 4 nitrogen and oxygen atoms in total. The van der Waals surface area contributed by atoms with E-state index in [1.54, 1.807) is 0 Å². The predicted molar refractivity (Wildman–Crippen MR) is 8.50 cm³/mol. The van der Waals surface area contributed by atoms with Gasteiger partial charge in [0.2, 0.25) is 0 Å². The minimum atomic E-state index is 0. The molecular weight excluding hydrogens is 253 g/mol. The van der Waals surface area contributed by atoms with Gasteiger partial charge in [0.15, 0.2) is 0 Å². The van der Waals surface area contributed by atoms with E-state index in [9.17, 15) is 0 Å². The van der Waals surface area contributed by atoms with Gasteiger partial charge in [0.25, 0.3) is 0 Å². The van der Waals surface area contributed by atoms with Crippen LogP contribution in [0.5, 0.6) is 0 Å². The fraction of sp³-hybridized carbons (Fsp3) is 0. The normalized spacial score (nSPS) is 0. The molecule has 0 saturated heterocycles. The van der Waals surface area contributed by atoms with Gasteiger partial charge in [0, 0.05) is 0 Å². The molecule has 32 valence electrons. The van der Waals surface area contributed by atoms with Crippen LogP contribution in [0.4, 0.5) is 0 Å². The largest absolute Gasteiger partial charge is 6.00 e. The molecule has 0 fully saturated rings. The van der Waals surface area contributed by atoms with Crippen molar-refractivity contribution in [1.29, 1.82) is 0 Å². The molecular formula is BaCrO4. The van der Waals surface area contributed by atoms with Crippen molar-refractivity contribution in [2.45, 2.75) is 0 Å². The van der Waals surface area contributed by atoms with E-state index in [2.05, 4.69) is 0 Å². The monoisotopic (exact) mass is 254 g/mol.